The molecule has 0 spiro atoms. The van der Waals surface area contributed by atoms with Gasteiger partial charge in [-0.2, -0.15) is 11.8 Å². The summed E-state index contributed by atoms with van der Waals surface area (Å²) in [5.41, 5.74) is 13.5. The van der Waals surface area contributed by atoms with Gasteiger partial charge in [0.15, 0.2) is 0 Å². The number of nitrogens with one attached hydrogen (secondary N) is 12. The molecule has 36 nitrogen and oxygen atoms in total. The second-order valence-electron chi connectivity index (χ2n) is 34.8. The number of primary amides is 2. The van der Waals surface area contributed by atoms with Gasteiger partial charge in [0.05, 0.1) is 51.6 Å². The van der Waals surface area contributed by atoms with E-state index in [1.165, 1.54) is 38.1 Å². The van der Waals surface area contributed by atoms with Crippen molar-refractivity contribution in [2.24, 2.45) is 63.7 Å². The third kappa shape index (κ3) is 28.7. The summed E-state index contributed by atoms with van der Waals surface area (Å²) in [6.07, 6.45) is 17.8. The van der Waals surface area contributed by atoms with Crippen LogP contribution in [0.4, 0.5) is 0 Å². The lowest BCUT2D eigenvalue weighted by molar-refractivity contribution is -0.140. The quantitative estimate of drug-likeness (QED) is 0.0341. The van der Waals surface area contributed by atoms with Gasteiger partial charge in [0.25, 0.3) is 0 Å². The third-order valence-corrected chi connectivity index (χ3v) is 26.4. The van der Waals surface area contributed by atoms with E-state index in [0.717, 1.165) is 81.5 Å². The van der Waals surface area contributed by atoms with Gasteiger partial charge in [-0.3, -0.25) is 86.7 Å². The number of hydrogen-bond donors (Lipinski definition) is 17. The largest absolute Gasteiger partial charge is 0.480 e. The highest BCUT2D eigenvalue weighted by Gasteiger charge is 2.61. The molecule has 0 radical (unpaired) electrons. The predicted octanol–water partition coefficient (Wildman–Crippen LogP) is 0.401. The van der Waals surface area contributed by atoms with Gasteiger partial charge in [0, 0.05) is 107 Å². The Bertz CT molecular complexity index is 3970. The molecule has 5 aliphatic rings. The van der Waals surface area contributed by atoms with Crippen LogP contribution in [-0.4, -0.2) is 291 Å². The lowest BCUT2D eigenvalue weighted by Gasteiger charge is -2.61. The fraction of sp³-hybridized carbons (Fsp3) is 0.699. The first kappa shape index (κ1) is 96.2. The van der Waals surface area contributed by atoms with Gasteiger partial charge in [0.1, 0.15) is 36.3 Å². The van der Waals surface area contributed by atoms with Gasteiger partial charge in [-0.1, -0.05) is 52.8 Å². The molecule has 3 aromatic rings. The Labute approximate surface area is 706 Å². The maximum Gasteiger partial charge on any atom is 0.317 e. The summed E-state index contributed by atoms with van der Waals surface area (Å²) < 4.78 is 0. The van der Waals surface area contributed by atoms with Crippen LogP contribution in [0.25, 0.3) is 10.9 Å². The molecule has 4 saturated carbocycles. The molecule has 666 valence electrons. The molecule has 2 aromatic heterocycles. The van der Waals surface area contributed by atoms with E-state index in [1.54, 1.807) is 20.9 Å². The van der Waals surface area contributed by atoms with E-state index in [2.05, 4.69) is 88.9 Å². The number of imidazole rings is 1. The Morgan fingerprint density at radius 1 is 0.567 bits per heavy atom. The van der Waals surface area contributed by atoms with Gasteiger partial charge in [0.2, 0.25) is 65.0 Å². The molecular weight excluding hydrogens is 1570 g/mol. The van der Waals surface area contributed by atoms with Gasteiger partial charge in [-0.05, 0) is 186 Å². The lowest BCUT2D eigenvalue weighted by atomic mass is 9.44. The molecule has 37 heteroatoms. The van der Waals surface area contributed by atoms with E-state index in [-0.39, 0.29) is 152 Å². The average molecular weight is 1700 g/mol. The van der Waals surface area contributed by atoms with E-state index in [9.17, 15) is 82.4 Å². The van der Waals surface area contributed by atoms with Crippen molar-refractivity contribution in [1.82, 2.24) is 87.7 Å². The molecule has 120 heavy (non-hydrogen) atoms. The maximum atomic E-state index is 14.6. The van der Waals surface area contributed by atoms with Gasteiger partial charge < -0.3 is 89.9 Å². The molecule has 5 fully saturated rings. The Morgan fingerprint density at radius 2 is 1.12 bits per heavy atom. The van der Waals surface area contributed by atoms with E-state index in [4.69, 9.17) is 11.5 Å². The van der Waals surface area contributed by atoms with E-state index < -0.39 is 126 Å². The average Bonchev–Trinajstić information content (AvgIpc) is 1.50. The number of aromatic amines is 2. The first-order valence-electron chi connectivity index (χ1n) is 42.5. The van der Waals surface area contributed by atoms with Crippen molar-refractivity contribution < 1.29 is 82.4 Å². The van der Waals surface area contributed by atoms with Crippen molar-refractivity contribution in [3.63, 3.8) is 0 Å². The van der Waals surface area contributed by atoms with E-state index in [1.807, 2.05) is 49.3 Å². The number of para-hydroxylation sites is 1. The fourth-order valence-electron chi connectivity index (χ4n) is 19.3. The van der Waals surface area contributed by atoms with E-state index in [0.29, 0.717) is 59.1 Å². The minimum atomic E-state index is -1.28. The monoisotopic (exact) mass is 1700 g/mol. The standard InChI is InChI=1S/C83H131N19O17S/c1-49(2)36-65(80(118)96-63(75(85)113)23-35-120-8)97-81(119)67(39-56-41-86-48-91-56)95-70(105)43-90-76(114)51(4)92-77(115)52(5)93-79(117)66(37-53-40-88-62-14-10-9-13-57(53)62)98-78(116)64(19-20-68(84)103)87-26-11-12-50(3)59-17-18-60-58-16-15-54-38-55(21-24-82(54,6)61(58)22-25-83(59,60)7)94-69(104)42-89-71(106)44-99-27-29-100(45-72(107)108)31-33-102(47-74(111)112)34-32-101(30-28-99)46-73(109)110/h9-10,13-14,40-41,48-52,54-55,58-61,63-67,87-88H,11-12,15-39,42-47H2,1-8H3,(H2,84,103)(H2,85,113)(H,86,91)(H,89,106)(H,90,114)(H,92,115)(H,93,117)(H,94,104)(H,95,105)(H,96,118)(H,97,119)(H,98,116)(H,107,108)(H,109,110)(H,111,112)/t50-,51+,52+,54-,55+,58+,59-,60+,61+,63+,64+,65+,66+,67+,82+,83-/m1/s1. The molecule has 0 unspecified atom stereocenters. The molecule has 1 aliphatic heterocycles. The van der Waals surface area contributed by atoms with Crippen molar-refractivity contribution >= 4 is 106 Å². The molecular formula is C83H131N19O17S. The fourth-order valence-corrected chi connectivity index (χ4v) is 19.8. The summed E-state index contributed by atoms with van der Waals surface area (Å²) in [5.74, 6) is -6.66. The Balaban J connectivity index is 0.804. The number of carbonyl (C=O) groups excluding carboxylic acids is 11. The smallest absolute Gasteiger partial charge is 0.317 e. The summed E-state index contributed by atoms with van der Waals surface area (Å²) in [7, 11) is 0. The van der Waals surface area contributed by atoms with E-state index >= 15 is 0 Å². The number of aliphatic carboxylic acids is 3. The number of carboxylic acids is 3. The molecule has 11 amide bonds. The van der Waals surface area contributed by atoms with Crippen LogP contribution in [0.2, 0.25) is 0 Å². The number of benzene rings is 1. The molecule has 1 saturated heterocycles. The minimum absolute atomic E-state index is 0.00619. The summed E-state index contributed by atoms with van der Waals surface area (Å²) in [6.45, 7) is 14.5. The number of hydrogen-bond acceptors (Lipinski definition) is 21. The summed E-state index contributed by atoms with van der Waals surface area (Å²) >= 11 is 1.47. The van der Waals surface area contributed by atoms with Crippen LogP contribution in [0, 0.1) is 52.3 Å². The summed E-state index contributed by atoms with van der Waals surface area (Å²) in [6, 6.07) is -0.636. The number of nitrogens with two attached hydrogens (primary N) is 2. The number of H-pyrrole nitrogens is 2. The van der Waals surface area contributed by atoms with Crippen LogP contribution in [0.3, 0.4) is 0 Å². The number of fused-ring (bicyclic) bond motifs is 6. The van der Waals surface area contributed by atoms with Gasteiger partial charge in [-0.15, -0.1) is 0 Å². The molecule has 19 N–H and O–H groups in total. The number of thioether (sulfide) groups is 1. The molecule has 4 aliphatic carbocycles. The molecule has 1 aromatic carbocycles. The topological polar surface area (TPSA) is 529 Å². The number of nitrogens with zero attached hydrogens (tertiary/aromatic N) is 5. The first-order chi connectivity index (χ1) is 57.0. The number of carboxylic acid groups (broad SMARTS) is 3. The molecule has 0 bridgehead atoms. The summed E-state index contributed by atoms with van der Waals surface area (Å²) in [4.78, 5) is 201. The number of carbonyl (C=O) groups is 14. The molecule has 8 rings (SSSR count). The zero-order valence-corrected chi connectivity index (χ0v) is 71.7. The highest BCUT2D eigenvalue weighted by atomic mass is 32.2. The van der Waals surface area contributed by atoms with Crippen LogP contribution >= 0.6 is 11.8 Å². The van der Waals surface area contributed by atoms with Crippen molar-refractivity contribution in [1.29, 1.82) is 0 Å². The predicted molar refractivity (Wildman–Crippen MR) is 449 cm³/mol. The van der Waals surface area contributed by atoms with Crippen LogP contribution < -0.4 is 64.6 Å². The van der Waals surface area contributed by atoms with Crippen LogP contribution in [0.5, 0.6) is 0 Å². The SMILES string of the molecule is CSCC[C@H](NC(=O)[C@H](CC(C)C)NC(=O)[C@H](Cc1cnc[nH]1)NC(=O)CNC(=O)[C@H](C)NC(=O)[C@H](C)NC(=O)[C@H](Cc1c[nH]c2ccccc12)NC(=O)[C@H](CCC(N)=O)NCCC[C@@H](C)[C@H]1CC[C@H]2[C@@H]3CC[C@@H]4C[C@@H](NC(=O)CNC(=O)CN5CCN(CC(=O)O)CCN(CC(=O)O)CCN(CC(=O)O)CC5)CC[C@]4(C)[C@H]3CC[C@]12C)C(N)=O. The van der Waals surface area contributed by atoms with Crippen LogP contribution in [0.1, 0.15) is 156 Å². The second kappa shape index (κ2) is 46.1. The summed E-state index contributed by atoms with van der Waals surface area (Å²) in [5, 5.41) is 57.7. The third-order valence-electron chi connectivity index (χ3n) is 25.7. The minimum Gasteiger partial charge on any atom is -0.480 e. The number of amides is 11. The van der Waals surface area contributed by atoms with Crippen LogP contribution in [-0.2, 0) is 80.0 Å². The van der Waals surface area contributed by atoms with Crippen molar-refractivity contribution in [2.75, 3.05) is 110 Å². The zero-order chi connectivity index (χ0) is 87.5. The zero-order valence-electron chi connectivity index (χ0n) is 70.9. The normalized spacial score (nSPS) is 23.9. The maximum absolute atomic E-state index is 14.6. The number of aromatic nitrogens is 3. The first-order valence-corrected chi connectivity index (χ1v) is 43.9. The second-order valence-corrected chi connectivity index (χ2v) is 35.7. The van der Waals surface area contributed by atoms with Gasteiger partial charge >= 0.3 is 17.9 Å². The molecule has 3 heterocycles. The van der Waals surface area contributed by atoms with Crippen molar-refractivity contribution in [3.8, 4) is 0 Å². The lowest BCUT2D eigenvalue weighted by Crippen LogP contribution is -2.58. The van der Waals surface area contributed by atoms with Crippen LogP contribution in [0.15, 0.2) is 43.0 Å². The Morgan fingerprint density at radius 3 is 1.73 bits per heavy atom. The van der Waals surface area contributed by atoms with Crippen molar-refractivity contribution in [2.45, 2.75) is 206 Å². The Kier molecular flexibility index (Phi) is 36.9. The number of rotatable bonds is 44. The Hall–Kier alpha value is -9.30. The van der Waals surface area contributed by atoms with Crippen molar-refractivity contribution in [3.05, 3.63) is 54.2 Å². The highest BCUT2D eigenvalue weighted by molar-refractivity contribution is 7.98. The molecule has 16 atom stereocenters. The van der Waals surface area contributed by atoms with Gasteiger partial charge in [-0.25, -0.2) is 4.98 Å². The highest BCUT2D eigenvalue weighted by Crippen LogP contribution is 2.68.